The van der Waals surface area contributed by atoms with Crippen molar-refractivity contribution in [1.82, 2.24) is 4.31 Å². The van der Waals surface area contributed by atoms with Crippen LogP contribution in [0.4, 0.5) is 5.69 Å². The van der Waals surface area contributed by atoms with Crippen LogP contribution in [0.1, 0.15) is 34.3 Å². The molecule has 5 nitrogen and oxygen atoms in total. The Morgan fingerprint density at radius 2 is 1.64 bits per heavy atom. The first kappa shape index (κ1) is 17.6. The number of carbonyl (C=O) groups is 1. The van der Waals surface area contributed by atoms with E-state index in [4.69, 9.17) is 0 Å². The van der Waals surface area contributed by atoms with Crippen LogP contribution in [0.5, 0.6) is 0 Å². The first-order chi connectivity index (χ1) is 11.9. The number of carbonyl (C=O) groups excluding carboxylic acids is 1. The molecule has 0 aliphatic carbocycles. The standard InChI is InChI=1S/C19H22N2O3S/c1-14-5-8-16(9-6-14)20-19(22)18-13-17(10-7-15(18)2)25(23,24)21-11-3-4-12-21/h5-10,13H,3-4,11-12H2,1-2H3,(H,20,22). The number of rotatable bonds is 4. The van der Waals surface area contributed by atoms with E-state index in [1.54, 1.807) is 19.1 Å². The molecule has 2 aromatic carbocycles. The third-order valence-corrected chi connectivity index (χ3v) is 6.36. The van der Waals surface area contributed by atoms with E-state index in [9.17, 15) is 13.2 Å². The van der Waals surface area contributed by atoms with Crippen LogP contribution < -0.4 is 5.32 Å². The molecule has 0 bridgehead atoms. The van der Waals surface area contributed by atoms with Crippen LogP contribution in [-0.4, -0.2) is 31.7 Å². The Bertz CT molecular complexity index is 883. The number of nitrogens with zero attached hydrogens (tertiary/aromatic N) is 1. The molecule has 0 spiro atoms. The van der Waals surface area contributed by atoms with Gasteiger partial charge in [-0.1, -0.05) is 23.8 Å². The van der Waals surface area contributed by atoms with Crippen molar-refractivity contribution < 1.29 is 13.2 Å². The van der Waals surface area contributed by atoms with Gasteiger partial charge in [0.2, 0.25) is 10.0 Å². The Hall–Kier alpha value is -2.18. The molecule has 1 aliphatic heterocycles. The van der Waals surface area contributed by atoms with Crippen molar-refractivity contribution in [2.75, 3.05) is 18.4 Å². The molecule has 0 unspecified atom stereocenters. The SMILES string of the molecule is Cc1ccc(NC(=O)c2cc(S(=O)(=O)N3CCCC3)ccc2C)cc1. The van der Waals surface area contributed by atoms with Crippen LogP contribution in [0.2, 0.25) is 0 Å². The molecule has 3 rings (SSSR count). The van der Waals surface area contributed by atoms with Gasteiger partial charge in [0.1, 0.15) is 0 Å². The molecule has 1 amide bonds. The van der Waals surface area contributed by atoms with E-state index in [0.717, 1.165) is 24.0 Å². The van der Waals surface area contributed by atoms with Gasteiger partial charge in [-0.05, 0) is 56.5 Å². The van der Waals surface area contributed by atoms with Crippen LogP contribution in [0.25, 0.3) is 0 Å². The number of aryl methyl sites for hydroxylation is 2. The molecule has 6 heteroatoms. The first-order valence-electron chi connectivity index (χ1n) is 8.37. The number of sulfonamides is 1. The lowest BCUT2D eigenvalue weighted by Crippen LogP contribution is -2.28. The van der Waals surface area contributed by atoms with Gasteiger partial charge in [0.15, 0.2) is 0 Å². The third kappa shape index (κ3) is 3.75. The number of hydrogen-bond acceptors (Lipinski definition) is 3. The van der Waals surface area contributed by atoms with Gasteiger partial charge in [0.25, 0.3) is 5.91 Å². The first-order valence-corrected chi connectivity index (χ1v) is 9.81. The van der Waals surface area contributed by atoms with Gasteiger partial charge in [-0.15, -0.1) is 0 Å². The van der Waals surface area contributed by atoms with Gasteiger partial charge in [-0.3, -0.25) is 4.79 Å². The summed E-state index contributed by atoms with van der Waals surface area (Å²) in [5.74, 6) is -0.306. The minimum Gasteiger partial charge on any atom is -0.322 e. The summed E-state index contributed by atoms with van der Waals surface area (Å²) in [4.78, 5) is 12.8. The second-order valence-corrected chi connectivity index (χ2v) is 8.35. The molecule has 0 radical (unpaired) electrons. The fourth-order valence-electron chi connectivity index (χ4n) is 2.92. The fraction of sp³-hybridized carbons (Fsp3) is 0.316. The molecule has 0 atom stereocenters. The second kappa shape index (κ2) is 6.98. The van der Waals surface area contributed by atoms with Crippen molar-refractivity contribution >= 4 is 21.6 Å². The van der Waals surface area contributed by atoms with Gasteiger partial charge in [0, 0.05) is 24.3 Å². The Morgan fingerprint density at radius 3 is 2.28 bits per heavy atom. The summed E-state index contributed by atoms with van der Waals surface area (Å²) >= 11 is 0. The van der Waals surface area contributed by atoms with Gasteiger partial charge in [-0.2, -0.15) is 4.31 Å². The van der Waals surface area contributed by atoms with Gasteiger partial charge < -0.3 is 5.32 Å². The van der Waals surface area contributed by atoms with E-state index in [2.05, 4.69) is 5.32 Å². The van der Waals surface area contributed by atoms with Gasteiger partial charge >= 0.3 is 0 Å². The predicted octanol–water partition coefficient (Wildman–Crippen LogP) is 3.34. The van der Waals surface area contributed by atoms with E-state index in [1.165, 1.54) is 10.4 Å². The van der Waals surface area contributed by atoms with Gasteiger partial charge in [-0.25, -0.2) is 8.42 Å². The number of benzene rings is 2. The quantitative estimate of drug-likeness (QED) is 0.911. The molecule has 25 heavy (non-hydrogen) atoms. The van der Waals surface area contributed by atoms with Crippen molar-refractivity contribution in [2.45, 2.75) is 31.6 Å². The summed E-state index contributed by atoms with van der Waals surface area (Å²) in [6, 6.07) is 12.2. The number of nitrogens with one attached hydrogen (secondary N) is 1. The number of hydrogen-bond donors (Lipinski definition) is 1. The Morgan fingerprint density at radius 1 is 1.00 bits per heavy atom. The zero-order valence-corrected chi connectivity index (χ0v) is 15.3. The second-order valence-electron chi connectivity index (χ2n) is 6.41. The molecule has 1 aliphatic rings. The lowest BCUT2D eigenvalue weighted by Gasteiger charge is -2.17. The van der Waals surface area contributed by atoms with Gasteiger partial charge in [0.05, 0.1) is 4.90 Å². The summed E-state index contributed by atoms with van der Waals surface area (Å²) in [5.41, 5.74) is 2.90. The summed E-state index contributed by atoms with van der Waals surface area (Å²) in [6.07, 6.45) is 1.76. The average Bonchev–Trinajstić information content (AvgIpc) is 3.12. The Labute approximate surface area is 148 Å². The van der Waals surface area contributed by atoms with Crippen molar-refractivity contribution in [3.8, 4) is 0 Å². The topological polar surface area (TPSA) is 66.5 Å². The Balaban J connectivity index is 1.88. The average molecular weight is 358 g/mol. The number of anilines is 1. The van der Waals surface area contributed by atoms with E-state index >= 15 is 0 Å². The maximum atomic E-state index is 12.7. The van der Waals surface area contributed by atoms with Crippen LogP contribution in [0.3, 0.4) is 0 Å². The summed E-state index contributed by atoms with van der Waals surface area (Å²) < 4.78 is 26.9. The minimum atomic E-state index is -3.54. The van der Waals surface area contributed by atoms with E-state index in [-0.39, 0.29) is 10.8 Å². The fourth-order valence-corrected chi connectivity index (χ4v) is 4.46. The van der Waals surface area contributed by atoms with Crippen molar-refractivity contribution in [3.05, 3.63) is 59.2 Å². The molecule has 1 heterocycles. The van der Waals surface area contributed by atoms with Crippen LogP contribution in [0.15, 0.2) is 47.4 Å². The highest BCUT2D eigenvalue weighted by Crippen LogP contribution is 2.23. The van der Waals surface area contributed by atoms with Crippen molar-refractivity contribution in [1.29, 1.82) is 0 Å². The monoisotopic (exact) mass is 358 g/mol. The van der Waals surface area contributed by atoms with E-state index < -0.39 is 10.0 Å². The molecule has 0 aromatic heterocycles. The zero-order valence-electron chi connectivity index (χ0n) is 14.5. The Kier molecular flexibility index (Phi) is 4.92. The number of amides is 1. The maximum Gasteiger partial charge on any atom is 0.255 e. The highest BCUT2D eigenvalue weighted by atomic mass is 32.2. The maximum absolute atomic E-state index is 12.7. The van der Waals surface area contributed by atoms with E-state index in [0.29, 0.717) is 24.3 Å². The summed E-state index contributed by atoms with van der Waals surface area (Å²) in [6.45, 7) is 4.86. The third-order valence-electron chi connectivity index (χ3n) is 4.47. The largest absolute Gasteiger partial charge is 0.322 e. The molecule has 1 fully saturated rings. The normalized spacial score (nSPS) is 15.3. The lowest BCUT2D eigenvalue weighted by atomic mass is 10.1. The smallest absolute Gasteiger partial charge is 0.255 e. The van der Waals surface area contributed by atoms with Crippen LogP contribution in [-0.2, 0) is 10.0 Å². The molecular weight excluding hydrogens is 336 g/mol. The molecular formula is C19H22N2O3S. The van der Waals surface area contributed by atoms with E-state index in [1.807, 2.05) is 31.2 Å². The minimum absolute atomic E-state index is 0.175. The zero-order chi connectivity index (χ0) is 18.0. The highest BCUT2D eigenvalue weighted by molar-refractivity contribution is 7.89. The summed E-state index contributed by atoms with van der Waals surface area (Å²) in [7, 11) is -3.54. The summed E-state index contributed by atoms with van der Waals surface area (Å²) in [5, 5.41) is 2.83. The molecule has 2 aromatic rings. The van der Waals surface area contributed by atoms with Crippen molar-refractivity contribution in [3.63, 3.8) is 0 Å². The van der Waals surface area contributed by atoms with Crippen LogP contribution in [0, 0.1) is 13.8 Å². The highest BCUT2D eigenvalue weighted by Gasteiger charge is 2.28. The molecule has 132 valence electrons. The molecule has 1 saturated heterocycles. The van der Waals surface area contributed by atoms with Crippen molar-refractivity contribution in [2.24, 2.45) is 0 Å². The predicted molar refractivity (Wildman–Crippen MR) is 98.3 cm³/mol. The lowest BCUT2D eigenvalue weighted by molar-refractivity contribution is 0.102. The van der Waals surface area contributed by atoms with Crippen LogP contribution >= 0.6 is 0 Å². The molecule has 0 saturated carbocycles. The molecule has 1 N–H and O–H groups in total.